The second kappa shape index (κ2) is 7.52. The lowest BCUT2D eigenvalue weighted by Gasteiger charge is -2.07. The number of nitrogens with one attached hydrogen (secondary N) is 2. The van der Waals surface area contributed by atoms with Gasteiger partial charge in [0.15, 0.2) is 0 Å². The summed E-state index contributed by atoms with van der Waals surface area (Å²) < 4.78 is 18.5. The molecule has 0 bridgehead atoms. The molecule has 5 nitrogen and oxygen atoms in total. The number of carbonyl (C=O) groups is 2. The summed E-state index contributed by atoms with van der Waals surface area (Å²) in [5, 5.41) is 2.97. The van der Waals surface area contributed by atoms with Crippen molar-refractivity contribution < 1.29 is 18.4 Å². The number of furan rings is 1. The Labute approximate surface area is 160 Å². The molecule has 0 aliphatic carbocycles. The van der Waals surface area contributed by atoms with Crippen LogP contribution in [0, 0.1) is 5.82 Å². The highest BCUT2D eigenvalue weighted by atomic mass is 19.1. The first-order chi connectivity index (χ1) is 13.6. The summed E-state index contributed by atoms with van der Waals surface area (Å²) in [4.78, 5) is 24.2. The molecular formula is C22H17FN2O3. The monoisotopic (exact) mass is 376 g/mol. The van der Waals surface area contributed by atoms with Crippen molar-refractivity contribution in [1.29, 1.82) is 0 Å². The van der Waals surface area contributed by atoms with E-state index >= 15 is 0 Å². The molecule has 0 unspecified atom stereocenters. The molecule has 28 heavy (non-hydrogen) atoms. The van der Waals surface area contributed by atoms with Crippen LogP contribution in [0.15, 0.2) is 71.3 Å². The minimum absolute atomic E-state index is 0.0415. The minimum atomic E-state index is -0.387. The van der Waals surface area contributed by atoms with Crippen LogP contribution in [0.5, 0.6) is 0 Å². The number of benzene rings is 3. The topological polar surface area (TPSA) is 71.3 Å². The van der Waals surface area contributed by atoms with Gasteiger partial charge in [-0.15, -0.1) is 0 Å². The molecule has 0 saturated heterocycles. The SMILES string of the molecule is O=C(Cc1ccc(F)cc1)NNC(=O)Cc1coc2ccc3ccccc3c12. The Kier molecular flexibility index (Phi) is 4.76. The van der Waals surface area contributed by atoms with Gasteiger partial charge >= 0.3 is 0 Å². The molecule has 0 saturated carbocycles. The van der Waals surface area contributed by atoms with E-state index in [1.807, 2.05) is 36.4 Å². The highest BCUT2D eigenvalue weighted by Crippen LogP contribution is 2.30. The zero-order valence-corrected chi connectivity index (χ0v) is 14.9. The molecular weight excluding hydrogens is 359 g/mol. The summed E-state index contributed by atoms with van der Waals surface area (Å²) >= 11 is 0. The van der Waals surface area contributed by atoms with Crippen LogP contribution in [-0.4, -0.2) is 11.8 Å². The molecule has 0 aliphatic rings. The predicted octanol–water partition coefficient (Wildman–Crippen LogP) is 3.66. The van der Waals surface area contributed by atoms with Gasteiger partial charge in [0.05, 0.1) is 19.1 Å². The molecule has 2 amide bonds. The van der Waals surface area contributed by atoms with Crippen molar-refractivity contribution in [3.05, 3.63) is 83.9 Å². The summed E-state index contributed by atoms with van der Waals surface area (Å²) in [7, 11) is 0. The van der Waals surface area contributed by atoms with Crippen molar-refractivity contribution in [3.8, 4) is 0 Å². The van der Waals surface area contributed by atoms with E-state index in [9.17, 15) is 14.0 Å². The van der Waals surface area contributed by atoms with Gasteiger partial charge in [0.25, 0.3) is 0 Å². The summed E-state index contributed by atoms with van der Waals surface area (Å²) in [5.74, 6) is -1.11. The number of rotatable bonds is 4. The average Bonchev–Trinajstić information content (AvgIpc) is 3.11. The van der Waals surface area contributed by atoms with Gasteiger partial charge in [0, 0.05) is 10.9 Å². The molecule has 140 valence electrons. The number of fused-ring (bicyclic) bond motifs is 3. The Bertz CT molecular complexity index is 1170. The van der Waals surface area contributed by atoms with Crippen LogP contribution >= 0.6 is 0 Å². The van der Waals surface area contributed by atoms with Crippen LogP contribution < -0.4 is 10.9 Å². The van der Waals surface area contributed by atoms with Crippen molar-refractivity contribution >= 4 is 33.6 Å². The third-order valence-electron chi connectivity index (χ3n) is 4.51. The maximum Gasteiger partial charge on any atom is 0.242 e. The first-order valence-electron chi connectivity index (χ1n) is 8.80. The van der Waals surface area contributed by atoms with E-state index in [-0.39, 0.29) is 30.5 Å². The second-order valence-corrected chi connectivity index (χ2v) is 6.50. The number of hydrazine groups is 1. The molecule has 1 aromatic heterocycles. The fraction of sp³-hybridized carbons (Fsp3) is 0.0909. The van der Waals surface area contributed by atoms with Gasteiger partial charge < -0.3 is 4.42 Å². The number of halogens is 1. The third-order valence-corrected chi connectivity index (χ3v) is 4.51. The second-order valence-electron chi connectivity index (χ2n) is 6.50. The Hall–Kier alpha value is -3.67. The van der Waals surface area contributed by atoms with Gasteiger partial charge in [-0.3, -0.25) is 20.4 Å². The first kappa shape index (κ1) is 17.7. The summed E-state index contributed by atoms with van der Waals surface area (Å²) in [6.07, 6.45) is 1.68. The van der Waals surface area contributed by atoms with Gasteiger partial charge in [-0.25, -0.2) is 4.39 Å². The zero-order chi connectivity index (χ0) is 19.5. The maximum absolute atomic E-state index is 12.9. The van der Waals surface area contributed by atoms with Gasteiger partial charge in [-0.05, 0) is 34.5 Å². The van der Waals surface area contributed by atoms with Crippen LogP contribution in [0.1, 0.15) is 11.1 Å². The molecule has 0 atom stereocenters. The molecule has 0 fully saturated rings. The Morgan fingerprint density at radius 3 is 2.36 bits per heavy atom. The van der Waals surface area contributed by atoms with Crippen LogP contribution in [0.3, 0.4) is 0 Å². The van der Waals surface area contributed by atoms with Crippen LogP contribution in [0.25, 0.3) is 21.7 Å². The van der Waals surface area contributed by atoms with Crippen molar-refractivity contribution in [2.24, 2.45) is 0 Å². The number of carbonyl (C=O) groups excluding carboxylic acids is 2. The van der Waals surface area contributed by atoms with Gasteiger partial charge in [-0.1, -0.05) is 42.5 Å². The number of hydrogen-bond acceptors (Lipinski definition) is 3. The Morgan fingerprint density at radius 2 is 1.57 bits per heavy atom. The van der Waals surface area contributed by atoms with Gasteiger partial charge in [0.1, 0.15) is 11.4 Å². The van der Waals surface area contributed by atoms with Crippen LogP contribution in [-0.2, 0) is 22.4 Å². The summed E-state index contributed by atoms with van der Waals surface area (Å²) in [6, 6.07) is 17.4. The van der Waals surface area contributed by atoms with Gasteiger partial charge in [-0.2, -0.15) is 0 Å². The predicted molar refractivity (Wildman–Crippen MR) is 104 cm³/mol. The molecule has 0 aliphatic heterocycles. The van der Waals surface area contributed by atoms with Crippen LogP contribution in [0.2, 0.25) is 0 Å². The third kappa shape index (κ3) is 3.71. The highest BCUT2D eigenvalue weighted by Gasteiger charge is 2.14. The molecule has 2 N–H and O–H groups in total. The fourth-order valence-corrected chi connectivity index (χ4v) is 3.19. The van der Waals surface area contributed by atoms with Crippen molar-refractivity contribution in [1.82, 2.24) is 10.9 Å². The molecule has 1 heterocycles. The molecule has 0 spiro atoms. The lowest BCUT2D eigenvalue weighted by atomic mass is 10.0. The quantitative estimate of drug-likeness (QED) is 0.534. The standard InChI is InChI=1S/C22H17FN2O3/c23-17-8-5-14(6-9-17)11-20(26)24-25-21(27)12-16-13-28-19-10-7-15-3-1-2-4-18(15)22(16)19/h1-10,13H,11-12H2,(H,24,26)(H,25,27). The van der Waals surface area contributed by atoms with E-state index in [0.29, 0.717) is 11.1 Å². The molecule has 3 aromatic carbocycles. The smallest absolute Gasteiger partial charge is 0.242 e. The summed E-state index contributed by atoms with van der Waals surface area (Å²) in [5.41, 5.74) is 6.90. The fourth-order valence-electron chi connectivity index (χ4n) is 3.19. The largest absolute Gasteiger partial charge is 0.464 e. The van der Waals surface area contributed by atoms with E-state index < -0.39 is 0 Å². The highest BCUT2D eigenvalue weighted by molar-refractivity contribution is 6.08. The molecule has 4 aromatic rings. The molecule has 6 heteroatoms. The zero-order valence-electron chi connectivity index (χ0n) is 14.9. The van der Waals surface area contributed by atoms with Crippen molar-refractivity contribution in [2.75, 3.05) is 0 Å². The van der Waals surface area contributed by atoms with Crippen molar-refractivity contribution in [2.45, 2.75) is 12.8 Å². The van der Waals surface area contributed by atoms with E-state index in [1.165, 1.54) is 24.3 Å². The lowest BCUT2D eigenvalue weighted by Crippen LogP contribution is -2.43. The van der Waals surface area contributed by atoms with E-state index in [2.05, 4.69) is 10.9 Å². The normalized spacial score (nSPS) is 10.9. The molecule has 4 rings (SSSR count). The van der Waals surface area contributed by atoms with Crippen molar-refractivity contribution in [3.63, 3.8) is 0 Å². The number of hydrogen-bond donors (Lipinski definition) is 2. The Balaban J connectivity index is 1.42. The lowest BCUT2D eigenvalue weighted by molar-refractivity contribution is -0.128. The first-order valence-corrected chi connectivity index (χ1v) is 8.80. The maximum atomic E-state index is 12.9. The minimum Gasteiger partial charge on any atom is -0.464 e. The van der Waals surface area contributed by atoms with E-state index in [4.69, 9.17) is 4.42 Å². The summed E-state index contributed by atoms with van der Waals surface area (Å²) in [6.45, 7) is 0. The van der Waals surface area contributed by atoms with E-state index in [1.54, 1.807) is 6.26 Å². The van der Waals surface area contributed by atoms with E-state index in [0.717, 1.165) is 21.7 Å². The van der Waals surface area contributed by atoms with Crippen LogP contribution in [0.4, 0.5) is 4.39 Å². The molecule has 0 radical (unpaired) electrons. The van der Waals surface area contributed by atoms with Gasteiger partial charge in [0.2, 0.25) is 11.8 Å². The average molecular weight is 376 g/mol. The number of amides is 2. The Morgan fingerprint density at radius 1 is 0.857 bits per heavy atom.